The van der Waals surface area contributed by atoms with Gasteiger partial charge in [-0.2, -0.15) is 5.10 Å². The van der Waals surface area contributed by atoms with E-state index in [4.69, 9.17) is 4.42 Å². The topological polar surface area (TPSA) is 76.4 Å². The van der Waals surface area contributed by atoms with Crippen LogP contribution in [0.4, 0.5) is 0 Å². The molecule has 1 aromatic carbocycles. The van der Waals surface area contributed by atoms with Gasteiger partial charge in [0.2, 0.25) is 0 Å². The van der Waals surface area contributed by atoms with Gasteiger partial charge in [0.25, 0.3) is 0 Å². The summed E-state index contributed by atoms with van der Waals surface area (Å²) in [5.74, 6) is -0.306. The Morgan fingerprint density at radius 2 is 2.12 bits per heavy atom. The first-order valence-corrected chi connectivity index (χ1v) is 9.21. The number of nitrogens with zero attached hydrogens (tertiary/aromatic N) is 4. The predicted octanol–water partition coefficient (Wildman–Crippen LogP) is 2.14. The molecule has 3 heterocycles. The quantitative estimate of drug-likeness (QED) is 0.758. The molecule has 4 rings (SSSR count). The SMILES string of the molecule is CC[C@H](O)c1cc2n(n1)CCCN(CCn1c(=O)oc3ccccc31)C2. The third-order valence-electron chi connectivity index (χ3n) is 5.05. The van der Waals surface area contributed by atoms with Crippen LogP contribution in [-0.4, -0.2) is 37.4 Å². The van der Waals surface area contributed by atoms with E-state index in [2.05, 4.69) is 10.00 Å². The monoisotopic (exact) mass is 356 g/mol. The summed E-state index contributed by atoms with van der Waals surface area (Å²) >= 11 is 0. The lowest BCUT2D eigenvalue weighted by molar-refractivity contribution is 0.167. The smallest absolute Gasteiger partial charge is 0.408 e. The maximum atomic E-state index is 12.1. The average molecular weight is 356 g/mol. The predicted molar refractivity (Wildman–Crippen MR) is 97.8 cm³/mol. The standard InChI is InChI=1S/C19H24N4O3/c1-2-17(24)15-12-14-13-21(8-5-9-23(14)20-15)10-11-22-16-6-3-4-7-18(16)26-19(22)25/h3-4,6-7,12,17,24H,2,5,8-11,13H2,1H3/t17-/m0/s1. The van der Waals surface area contributed by atoms with E-state index in [0.717, 1.165) is 49.5 Å². The maximum Gasteiger partial charge on any atom is 0.419 e. The van der Waals surface area contributed by atoms with Crippen molar-refractivity contribution in [2.24, 2.45) is 0 Å². The highest BCUT2D eigenvalue weighted by atomic mass is 16.4. The summed E-state index contributed by atoms with van der Waals surface area (Å²) in [7, 11) is 0. The summed E-state index contributed by atoms with van der Waals surface area (Å²) < 4.78 is 9.01. The minimum atomic E-state index is -0.501. The van der Waals surface area contributed by atoms with Crippen LogP contribution in [0.5, 0.6) is 0 Å². The highest BCUT2D eigenvalue weighted by Gasteiger charge is 2.19. The van der Waals surface area contributed by atoms with Crippen molar-refractivity contribution in [1.29, 1.82) is 0 Å². The molecule has 0 radical (unpaired) electrons. The molecule has 0 saturated carbocycles. The zero-order chi connectivity index (χ0) is 18.1. The summed E-state index contributed by atoms with van der Waals surface area (Å²) in [6.07, 6.45) is 1.16. The Bertz CT molecular complexity index is 955. The van der Waals surface area contributed by atoms with Crippen LogP contribution >= 0.6 is 0 Å². The van der Waals surface area contributed by atoms with Gasteiger partial charge in [-0.15, -0.1) is 0 Å². The third kappa shape index (κ3) is 3.20. The van der Waals surface area contributed by atoms with Crippen LogP contribution in [0.15, 0.2) is 39.5 Å². The van der Waals surface area contributed by atoms with Gasteiger partial charge >= 0.3 is 5.76 Å². The van der Waals surface area contributed by atoms with Crippen molar-refractivity contribution in [3.63, 3.8) is 0 Å². The molecule has 0 bridgehead atoms. The molecule has 1 aliphatic heterocycles. The minimum Gasteiger partial charge on any atom is -0.408 e. The normalized spacial score (nSPS) is 16.5. The highest BCUT2D eigenvalue weighted by Crippen LogP contribution is 2.20. The van der Waals surface area contributed by atoms with Crippen molar-refractivity contribution >= 4 is 11.1 Å². The van der Waals surface area contributed by atoms with E-state index in [1.165, 1.54) is 0 Å². The van der Waals surface area contributed by atoms with Crippen molar-refractivity contribution in [3.05, 3.63) is 52.3 Å². The summed E-state index contributed by atoms with van der Waals surface area (Å²) in [4.78, 5) is 14.5. The number of hydrogen-bond donors (Lipinski definition) is 1. The number of aryl methyl sites for hydroxylation is 1. The van der Waals surface area contributed by atoms with Crippen molar-refractivity contribution in [2.75, 3.05) is 13.1 Å². The van der Waals surface area contributed by atoms with Crippen LogP contribution in [0.2, 0.25) is 0 Å². The van der Waals surface area contributed by atoms with Crippen molar-refractivity contribution in [1.82, 2.24) is 19.2 Å². The van der Waals surface area contributed by atoms with E-state index >= 15 is 0 Å². The highest BCUT2D eigenvalue weighted by molar-refractivity contribution is 5.72. The Balaban J connectivity index is 1.49. The van der Waals surface area contributed by atoms with Gasteiger partial charge in [-0.1, -0.05) is 19.1 Å². The number of aromatic nitrogens is 3. The first-order valence-electron chi connectivity index (χ1n) is 9.21. The summed E-state index contributed by atoms with van der Waals surface area (Å²) in [5.41, 5.74) is 3.34. The Hall–Kier alpha value is -2.38. The van der Waals surface area contributed by atoms with E-state index in [0.29, 0.717) is 18.5 Å². The number of para-hydroxylation sites is 2. The van der Waals surface area contributed by atoms with E-state index < -0.39 is 6.10 Å². The van der Waals surface area contributed by atoms with Crippen LogP contribution in [0.3, 0.4) is 0 Å². The first-order chi connectivity index (χ1) is 12.7. The van der Waals surface area contributed by atoms with Gasteiger partial charge < -0.3 is 9.52 Å². The van der Waals surface area contributed by atoms with Gasteiger partial charge in [0.1, 0.15) is 0 Å². The number of aliphatic hydroxyl groups is 1. The van der Waals surface area contributed by atoms with Gasteiger partial charge in [0, 0.05) is 32.7 Å². The summed E-state index contributed by atoms with van der Waals surface area (Å²) in [6, 6.07) is 9.52. The fourth-order valence-electron chi connectivity index (χ4n) is 3.58. The Labute approximate surface area is 151 Å². The second kappa shape index (κ2) is 7.09. The molecule has 7 heteroatoms. The fourth-order valence-corrected chi connectivity index (χ4v) is 3.58. The zero-order valence-corrected chi connectivity index (χ0v) is 15.0. The third-order valence-corrected chi connectivity index (χ3v) is 5.05. The molecular formula is C19H24N4O3. The van der Waals surface area contributed by atoms with Crippen molar-refractivity contribution in [3.8, 4) is 0 Å². The fraction of sp³-hybridized carbons (Fsp3) is 0.474. The van der Waals surface area contributed by atoms with Crippen molar-refractivity contribution in [2.45, 2.75) is 45.5 Å². The number of oxazole rings is 1. The van der Waals surface area contributed by atoms with E-state index in [-0.39, 0.29) is 5.76 Å². The molecule has 3 aromatic rings. The molecule has 2 aromatic heterocycles. The number of fused-ring (bicyclic) bond motifs is 2. The van der Waals surface area contributed by atoms with E-state index in [9.17, 15) is 9.90 Å². The number of benzene rings is 1. The molecule has 0 unspecified atom stereocenters. The van der Waals surface area contributed by atoms with Gasteiger partial charge in [-0.25, -0.2) is 4.79 Å². The molecule has 1 N–H and O–H groups in total. The van der Waals surface area contributed by atoms with Gasteiger partial charge in [0.05, 0.1) is 23.0 Å². The van der Waals surface area contributed by atoms with E-state index in [1.54, 1.807) is 4.57 Å². The van der Waals surface area contributed by atoms with E-state index in [1.807, 2.05) is 41.9 Å². The molecule has 1 atom stereocenters. The Morgan fingerprint density at radius 3 is 2.96 bits per heavy atom. The largest absolute Gasteiger partial charge is 0.419 e. The van der Waals surface area contributed by atoms with Crippen LogP contribution in [0, 0.1) is 0 Å². The minimum absolute atomic E-state index is 0.306. The Morgan fingerprint density at radius 1 is 1.27 bits per heavy atom. The number of rotatable bonds is 5. The zero-order valence-electron chi connectivity index (χ0n) is 15.0. The van der Waals surface area contributed by atoms with Gasteiger partial charge in [0.15, 0.2) is 5.58 Å². The van der Waals surface area contributed by atoms with Crippen LogP contribution in [-0.2, 0) is 19.6 Å². The molecule has 0 fully saturated rings. The molecule has 1 aliphatic rings. The molecule has 0 amide bonds. The lowest BCUT2D eigenvalue weighted by Crippen LogP contribution is -2.29. The number of aliphatic hydroxyl groups excluding tert-OH is 1. The Kier molecular flexibility index (Phi) is 4.65. The van der Waals surface area contributed by atoms with Crippen molar-refractivity contribution < 1.29 is 9.52 Å². The second-order valence-electron chi connectivity index (χ2n) is 6.82. The lowest BCUT2D eigenvalue weighted by atomic mass is 10.2. The maximum absolute atomic E-state index is 12.1. The first kappa shape index (κ1) is 17.1. The van der Waals surface area contributed by atoms with Crippen LogP contribution in [0.25, 0.3) is 11.1 Å². The molecular weight excluding hydrogens is 332 g/mol. The molecule has 138 valence electrons. The molecule has 0 saturated heterocycles. The summed E-state index contributed by atoms with van der Waals surface area (Å²) in [5, 5.41) is 14.6. The lowest BCUT2D eigenvalue weighted by Gasteiger charge is -2.19. The molecule has 0 spiro atoms. The molecule has 26 heavy (non-hydrogen) atoms. The molecule has 0 aliphatic carbocycles. The molecule has 7 nitrogen and oxygen atoms in total. The van der Waals surface area contributed by atoms with Gasteiger partial charge in [-0.3, -0.25) is 14.1 Å². The average Bonchev–Trinajstić information content (AvgIpc) is 3.13. The van der Waals surface area contributed by atoms with Crippen LogP contribution < -0.4 is 5.76 Å². The van der Waals surface area contributed by atoms with Crippen LogP contribution in [0.1, 0.15) is 37.3 Å². The summed E-state index contributed by atoms with van der Waals surface area (Å²) in [6.45, 7) is 5.90. The second-order valence-corrected chi connectivity index (χ2v) is 6.82. The number of hydrogen-bond acceptors (Lipinski definition) is 5. The van der Waals surface area contributed by atoms with Gasteiger partial charge in [-0.05, 0) is 31.0 Å².